The van der Waals surface area contributed by atoms with E-state index in [1.165, 1.54) is 0 Å². The summed E-state index contributed by atoms with van der Waals surface area (Å²) < 4.78 is 1.84. The van der Waals surface area contributed by atoms with Gasteiger partial charge in [-0.25, -0.2) is 4.98 Å². The predicted octanol–water partition coefficient (Wildman–Crippen LogP) is 2.76. The summed E-state index contributed by atoms with van der Waals surface area (Å²) in [7, 11) is 3.91. The van der Waals surface area contributed by atoms with Gasteiger partial charge in [0.1, 0.15) is 13.7 Å². The van der Waals surface area contributed by atoms with Crippen LogP contribution in [0.5, 0.6) is 0 Å². The van der Waals surface area contributed by atoms with E-state index in [1.807, 2.05) is 60.8 Å². The van der Waals surface area contributed by atoms with Crippen molar-refractivity contribution in [2.75, 3.05) is 18.9 Å². The second kappa shape index (κ2) is 8.68. The average Bonchev–Trinajstić information content (AvgIpc) is 3.53. The maximum atomic E-state index is 12.2. The Morgan fingerprint density at radius 3 is 2.87 bits per heavy atom. The highest BCUT2D eigenvalue weighted by molar-refractivity contribution is 6.36. The number of hydrogen-bond donors (Lipinski definition) is 1. The molecular formula is C22H27BClN5O. The van der Waals surface area contributed by atoms with Gasteiger partial charge in [0.15, 0.2) is 5.65 Å². The Morgan fingerprint density at radius 2 is 2.17 bits per heavy atom. The Hall–Kier alpha value is -2.54. The number of carbonyl (C=O) groups is 1. The average molecular weight is 424 g/mol. The molecule has 3 aromatic rings. The first-order chi connectivity index (χ1) is 14.5. The zero-order chi connectivity index (χ0) is 21.3. The molecule has 0 saturated heterocycles. The number of rotatable bonds is 8. The van der Waals surface area contributed by atoms with Gasteiger partial charge >= 0.3 is 0 Å². The highest BCUT2D eigenvalue weighted by Crippen LogP contribution is 2.31. The molecule has 1 aliphatic rings. The number of nitrogens with zero attached hydrogens (tertiary/aromatic N) is 4. The van der Waals surface area contributed by atoms with E-state index in [0.717, 1.165) is 60.4 Å². The van der Waals surface area contributed by atoms with Crippen molar-refractivity contribution in [2.45, 2.75) is 38.6 Å². The van der Waals surface area contributed by atoms with Crippen LogP contribution >= 0.6 is 11.6 Å². The van der Waals surface area contributed by atoms with Gasteiger partial charge in [0.05, 0.1) is 5.69 Å². The maximum absolute atomic E-state index is 12.2. The molecule has 0 spiro atoms. The van der Waals surface area contributed by atoms with Gasteiger partial charge < -0.3 is 10.2 Å². The highest BCUT2D eigenvalue weighted by atomic mass is 35.5. The molecule has 1 aliphatic carbocycles. The summed E-state index contributed by atoms with van der Waals surface area (Å²) in [5.74, 6) is 1.42. The lowest BCUT2D eigenvalue weighted by Crippen LogP contribution is -2.33. The number of carbonyl (C=O) groups excluding carboxylic acids is 1. The molecule has 1 amide bonds. The van der Waals surface area contributed by atoms with E-state index < -0.39 is 0 Å². The van der Waals surface area contributed by atoms with Crippen LogP contribution in [0.15, 0.2) is 36.5 Å². The molecular weight excluding hydrogens is 397 g/mol. The van der Waals surface area contributed by atoms with Crippen molar-refractivity contribution in [1.29, 1.82) is 0 Å². The fourth-order valence-corrected chi connectivity index (χ4v) is 3.90. The van der Waals surface area contributed by atoms with E-state index in [0.29, 0.717) is 5.02 Å². The van der Waals surface area contributed by atoms with Crippen molar-refractivity contribution in [3.63, 3.8) is 0 Å². The van der Waals surface area contributed by atoms with Gasteiger partial charge in [-0.3, -0.25) is 4.79 Å². The Balaban J connectivity index is 1.59. The maximum Gasteiger partial charge on any atom is 0.225 e. The third-order valence-corrected chi connectivity index (χ3v) is 6.09. The number of nitrogens with one attached hydrogen (secondary N) is 1. The molecule has 0 aliphatic heterocycles. The normalized spacial score (nSPS) is 14.6. The van der Waals surface area contributed by atoms with Crippen LogP contribution in [0.1, 0.15) is 32.6 Å². The van der Waals surface area contributed by atoms with Gasteiger partial charge in [0, 0.05) is 48.4 Å². The molecule has 1 fully saturated rings. The molecule has 2 aromatic heterocycles. The Bertz CT molecular complexity index is 1060. The SMILES string of the molecule is Bc1cnn2c(NC(CC)CCN(C)C(=O)C3CC3)cc(-c3ccccc3Cl)nc12. The topological polar surface area (TPSA) is 62.5 Å². The lowest BCUT2D eigenvalue weighted by Gasteiger charge is -2.23. The Morgan fingerprint density at radius 1 is 1.40 bits per heavy atom. The van der Waals surface area contributed by atoms with Crippen molar-refractivity contribution in [2.24, 2.45) is 5.92 Å². The molecule has 1 unspecified atom stereocenters. The van der Waals surface area contributed by atoms with Crippen molar-refractivity contribution >= 4 is 42.3 Å². The lowest BCUT2D eigenvalue weighted by atomic mass is 10.0. The molecule has 1 aromatic carbocycles. The number of fused-ring (bicyclic) bond motifs is 1. The third-order valence-electron chi connectivity index (χ3n) is 5.76. The van der Waals surface area contributed by atoms with Crippen LogP contribution < -0.4 is 10.8 Å². The zero-order valence-electron chi connectivity index (χ0n) is 17.7. The lowest BCUT2D eigenvalue weighted by molar-refractivity contribution is -0.131. The van der Waals surface area contributed by atoms with E-state index in [9.17, 15) is 4.79 Å². The number of amides is 1. The summed E-state index contributed by atoms with van der Waals surface area (Å²) in [5, 5.41) is 8.82. The summed E-state index contributed by atoms with van der Waals surface area (Å²) in [6.45, 7) is 2.90. The molecule has 156 valence electrons. The molecule has 0 radical (unpaired) electrons. The second-order valence-electron chi connectivity index (χ2n) is 8.14. The predicted molar refractivity (Wildman–Crippen MR) is 124 cm³/mol. The molecule has 6 nitrogen and oxygen atoms in total. The smallest absolute Gasteiger partial charge is 0.225 e. The Labute approximate surface area is 183 Å². The van der Waals surface area contributed by atoms with Gasteiger partial charge in [0.25, 0.3) is 0 Å². The van der Waals surface area contributed by atoms with Gasteiger partial charge in [-0.1, -0.05) is 36.7 Å². The zero-order valence-corrected chi connectivity index (χ0v) is 18.5. The largest absolute Gasteiger partial charge is 0.367 e. The molecule has 2 heterocycles. The number of hydrogen-bond acceptors (Lipinski definition) is 4. The van der Waals surface area contributed by atoms with E-state index >= 15 is 0 Å². The first-order valence-electron chi connectivity index (χ1n) is 10.6. The number of anilines is 1. The standard InChI is InChI=1S/C22H27BClN5O/c1-3-15(10-11-28(2)22(30)14-8-9-14)26-20-12-19(16-6-4-5-7-18(16)24)27-21-17(23)13-25-29(20)21/h4-7,12-15,26H,3,8-11,23H2,1-2H3. The van der Waals surface area contributed by atoms with E-state index in [2.05, 4.69) is 17.3 Å². The van der Waals surface area contributed by atoms with Crippen LogP contribution in [0.25, 0.3) is 16.9 Å². The van der Waals surface area contributed by atoms with E-state index in [4.69, 9.17) is 16.6 Å². The second-order valence-corrected chi connectivity index (χ2v) is 8.55. The van der Waals surface area contributed by atoms with Gasteiger partial charge in [-0.05, 0) is 37.2 Å². The van der Waals surface area contributed by atoms with Crippen LogP contribution in [0.2, 0.25) is 5.02 Å². The van der Waals surface area contributed by atoms with Crippen LogP contribution in [0.3, 0.4) is 0 Å². The minimum absolute atomic E-state index is 0.216. The van der Waals surface area contributed by atoms with Gasteiger partial charge in [-0.2, -0.15) is 9.61 Å². The number of halogens is 1. The summed E-state index contributed by atoms with van der Waals surface area (Å²) in [4.78, 5) is 18.9. The van der Waals surface area contributed by atoms with Crippen LogP contribution in [0, 0.1) is 5.92 Å². The fourth-order valence-electron chi connectivity index (χ4n) is 3.67. The van der Waals surface area contributed by atoms with Gasteiger partial charge in [0.2, 0.25) is 5.91 Å². The monoisotopic (exact) mass is 423 g/mol. The van der Waals surface area contributed by atoms with Crippen molar-refractivity contribution in [3.05, 3.63) is 41.6 Å². The van der Waals surface area contributed by atoms with Crippen LogP contribution in [-0.4, -0.2) is 52.9 Å². The molecule has 1 N–H and O–H groups in total. The van der Waals surface area contributed by atoms with Crippen LogP contribution in [0.4, 0.5) is 5.82 Å². The quantitative estimate of drug-likeness (QED) is 0.566. The summed E-state index contributed by atoms with van der Waals surface area (Å²) in [6.07, 6.45) is 5.72. The van der Waals surface area contributed by atoms with E-state index in [1.54, 1.807) is 0 Å². The van der Waals surface area contributed by atoms with E-state index in [-0.39, 0.29) is 17.9 Å². The van der Waals surface area contributed by atoms with Crippen LogP contribution in [-0.2, 0) is 4.79 Å². The summed E-state index contributed by atoms with van der Waals surface area (Å²) in [6, 6.07) is 9.95. The third kappa shape index (κ3) is 4.31. The molecule has 4 rings (SSSR count). The molecule has 1 saturated carbocycles. The molecule has 1 atom stereocenters. The van der Waals surface area contributed by atoms with Crippen molar-refractivity contribution in [3.8, 4) is 11.3 Å². The van der Waals surface area contributed by atoms with Gasteiger partial charge in [-0.15, -0.1) is 0 Å². The summed E-state index contributed by atoms with van der Waals surface area (Å²) >= 11 is 6.43. The highest BCUT2D eigenvalue weighted by Gasteiger charge is 2.32. The number of aromatic nitrogens is 3. The Kier molecular flexibility index (Phi) is 6.00. The van der Waals surface area contributed by atoms with Crippen molar-refractivity contribution in [1.82, 2.24) is 19.5 Å². The number of benzene rings is 1. The molecule has 8 heteroatoms. The van der Waals surface area contributed by atoms with Crippen molar-refractivity contribution < 1.29 is 4.79 Å². The fraction of sp³-hybridized carbons (Fsp3) is 0.409. The molecule has 0 bridgehead atoms. The molecule has 30 heavy (non-hydrogen) atoms. The minimum Gasteiger partial charge on any atom is -0.367 e. The first-order valence-corrected chi connectivity index (χ1v) is 11.0. The first kappa shape index (κ1) is 20.7. The summed E-state index contributed by atoms with van der Waals surface area (Å²) in [5.41, 5.74) is 3.53. The minimum atomic E-state index is 0.216.